The molecule has 0 bridgehead atoms. The lowest BCUT2D eigenvalue weighted by atomic mass is 10.0. The highest BCUT2D eigenvalue weighted by molar-refractivity contribution is 5.85. The Morgan fingerprint density at radius 2 is 1.94 bits per heavy atom. The molecule has 1 aliphatic heterocycles. The summed E-state index contributed by atoms with van der Waals surface area (Å²) in [6, 6.07) is 6.44. The van der Waals surface area contributed by atoms with E-state index in [9.17, 15) is 0 Å². The van der Waals surface area contributed by atoms with Gasteiger partial charge < -0.3 is 10.1 Å². The van der Waals surface area contributed by atoms with Crippen LogP contribution in [0.3, 0.4) is 0 Å². The molecule has 1 saturated heterocycles. The van der Waals surface area contributed by atoms with Gasteiger partial charge in [-0.2, -0.15) is 0 Å². The Morgan fingerprint density at radius 1 is 1.22 bits per heavy atom. The molecule has 1 heterocycles. The Labute approximate surface area is 116 Å². The van der Waals surface area contributed by atoms with Crippen LogP contribution in [-0.2, 0) is 13.0 Å². The molecule has 0 amide bonds. The Morgan fingerprint density at radius 3 is 2.56 bits per heavy atom. The molecule has 3 nitrogen and oxygen atoms in total. The van der Waals surface area contributed by atoms with Crippen LogP contribution < -0.4 is 10.1 Å². The molecule has 18 heavy (non-hydrogen) atoms. The van der Waals surface area contributed by atoms with E-state index in [0.717, 1.165) is 44.9 Å². The number of nitrogens with zero attached hydrogens (tertiary/aromatic N) is 1. The predicted octanol–water partition coefficient (Wildman–Crippen LogP) is 2.08. The Hall–Kier alpha value is -0.770. The minimum absolute atomic E-state index is 0. The molecule has 1 fully saturated rings. The van der Waals surface area contributed by atoms with Crippen LogP contribution in [-0.4, -0.2) is 38.2 Å². The van der Waals surface area contributed by atoms with Crippen molar-refractivity contribution in [3.8, 4) is 5.75 Å². The summed E-state index contributed by atoms with van der Waals surface area (Å²) in [5.41, 5.74) is 2.85. The van der Waals surface area contributed by atoms with Gasteiger partial charge in [0.25, 0.3) is 0 Å². The van der Waals surface area contributed by atoms with Gasteiger partial charge in [0.15, 0.2) is 0 Å². The molecule has 1 aromatic carbocycles. The molecule has 0 unspecified atom stereocenters. The first-order valence-electron chi connectivity index (χ1n) is 6.42. The van der Waals surface area contributed by atoms with E-state index in [2.05, 4.69) is 35.3 Å². The number of aryl methyl sites for hydroxylation is 1. The Bertz CT molecular complexity index is 365. The minimum Gasteiger partial charge on any atom is -0.497 e. The van der Waals surface area contributed by atoms with Crippen molar-refractivity contribution in [2.24, 2.45) is 0 Å². The number of benzene rings is 1. The van der Waals surface area contributed by atoms with Crippen molar-refractivity contribution in [3.63, 3.8) is 0 Å². The second-order valence-electron chi connectivity index (χ2n) is 4.51. The number of nitrogens with one attached hydrogen (secondary N) is 1. The highest BCUT2D eigenvalue weighted by Gasteiger charge is 2.12. The largest absolute Gasteiger partial charge is 0.497 e. The van der Waals surface area contributed by atoms with Crippen LogP contribution in [0, 0.1) is 0 Å². The van der Waals surface area contributed by atoms with Crippen molar-refractivity contribution in [2.45, 2.75) is 19.9 Å². The first kappa shape index (κ1) is 15.3. The van der Waals surface area contributed by atoms with E-state index in [0.29, 0.717) is 0 Å². The zero-order valence-corrected chi connectivity index (χ0v) is 12.1. The molecule has 0 atom stereocenters. The maximum absolute atomic E-state index is 5.28. The quantitative estimate of drug-likeness (QED) is 0.907. The second-order valence-corrected chi connectivity index (χ2v) is 4.51. The molecule has 0 radical (unpaired) electrons. The van der Waals surface area contributed by atoms with Gasteiger partial charge in [-0.3, -0.25) is 4.90 Å². The number of hydrogen-bond donors (Lipinski definition) is 1. The fourth-order valence-corrected chi connectivity index (χ4v) is 2.32. The molecule has 4 heteroatoms. The van der Waals surface area contributed by atoms with Crippen molar-refractivity contribution >= 4 is 12.4 Å². The van der Waals surface area contributed by atoms with Gasteiger partial charge in [0.05, 0.1) is 7.11 Å². The van der Waals surface area contributed by atoms with Gasteiger partial charge >= 0.3 is 0 Å². The molecule has 0 spiro atoms. The lowest BCUT2D eigenvalue weighted by molar-refractivity contribution is 0.232. The van der Waals surface area contributed by atoms with Gasteiger partial charge in [-0.1, -0.05) is 13.0 Å². The lowest BCUT2D eigenvalue weighted by Crippen LogP contribution is -2.43. The summed E-state index contributed by atoms with van der Waals surface area (Å²) in [5.74, 6) is 0.964. The van der Waals surface area contributed by atoms with Gasteiger partial charge in [0.2, 0.25) is 0 Å². The fourth-order valence-electron chi connectivity index (χ4n) is 2.32. The molecular formula is C14H23ClN2O. The van der Waals surface area contributed by atoms with Crippen LogP contribution in [0.25, 0.3) is 0 Å². The van der Waals surface area contributed by atoms with Crippen LogP contribution >= 0.6 is 12.4 Å². The summed E-state index contributed by atoms with van der Waals surface area (Å²) >= 11 is 0. The molecule has 102 valence electrons. The lowest BCUT2D eigenvalue weighted by Gasteiger charge is -2.28. The van der Waals surface area contributed by atoms with Crippen molar-refractivity contribution < 1.29 is 4.74 Å². The third-order valence-electron chi connectivity index (χ3n) is 3.40. The van der Waals surface area contributed by atoms with E-state index >= 15 is 0 Å². The average Bonchev–Trinajstić information content (AvgIpc) is 2.40. The SMILES string of the molecule is CCc1cc(OC)ccc1CN1CCNCC1.Cl. The van der Waals surface area contributed by atoms with Crippen LogP contribution in [0.1, 0.15) is 18.1 Å². The fraction of sp³-hybridized carbons (Fsp3) is 0.571. The second kappa shape index (κ2) is 7.62. The summed E-state index contributed by atoms with van der Waals surface area (Å²) in [7, 11) is 1.73. The number of ether oxygens (including phenoxy) is 1. The third kappa shape index (κ3) is 3.87. The number of halogens is 1. The van der Waals surface area contributed by atoms with Crippen molar-refractivity contribution in [3.05, 3.63) is 29.3 Å². The maximum atomic E-state index is 5.28. The molecule has 1 aromatic rings. The molecule has 0 aliphatic carbocycles. The van der Waals surface area contributed by atoms with Gasteiger partial charge in [-0.05, 0) is 29.7 Å². The summed E-state index contributed by atoms with van der Waals surface area (Å²) in [6.45, 7) is 7.78. The van der Waals surface area contributed by atoms with E-state index in [-0.39, 0.29) is 12.4 Å². The van der Waals surface area contributed by atoms with E-state index < -0.39 is 0 Å². The number of methoxy groups -OCH3 is 1. The topological polar surface area (TPSA) is 24.5 Å². The first-order valence-corrected chi connectivity index (χ1v) is 6.42. The highest BCUT2D eigenvalue weighted by Crippen LogP contribution is 2.19. The third-order valence-corrected chi connectivity index (χ3v) is 3.40. The standard InChI is InChI=1S/C14H22N2O.ClH/c1-3-12-10-14(17-2)5-4-13(12)11-16-8-6-15-7-9-16;/h4-5,10,15H,3,6-9,11H2,1-2H3;1H. The normalized spacial score (nSPS) is 16.1. The van der Waals surface area contributed by atoms with Crippen LogP contribution in [0.5, 0.6) is 5.75 Å². The Balaban J connectivity index is 0.00000162. The molecule has 1 N–H and O–H groups in total. The molecule has 2 rings (SSSR count). The van der Waals surface area contributed by atoms with Gasteiger partial charge in [0, 0.05) is 32.7 Å². The first-order chi connectivity index (χ1) is 8.33. The zero-order valence-electron chi connectivity index (χ0n) is 11.2. The summed E-state index contributed by atoms with van der Waals surface area (Å²) in [5, 5.41) is 3.39. The number of rotatable bonds is 4. The van der Waals surface area contributed by atoms with Crippen molar-refractivity contribution in [2.75, 3.05) is 33.3 Å². The molecular weight excluding hydrogens is 248 g/mol. The Kier molecular flexibility index (Phi) is 6.47. The van der Waals surface area contributed by atoms with Gasteiger partial charge in [-0.25, -0.2) is 0 Å². The number of piperazine rings is 1. The molecule has 0 saturated carbocycles. The van der Waals surface area contributed by atoms with E-state index in [1.807, 2.05) is 0 Å². The van der Waals surface area contributed by atoms with E-state index in [1.165, 1.54) is 11.1 Å². The number of hydrogen-bond acceptors (Lipinski definition) is 3. The zero-order chi connectivity index (χ0) is 12.1. The smallest absolute Gasteiger partial charge is 0.119 e. The molecule has 0 aromatic heterocycles. The summed E-state index contributed by atoms with van der Waals surface area (Å²) in [6.07, 6.45) is 1.07. The van der Waals surface area contributed by atoms with Crippen molar-refractivity contribution in [1.82, 2.24) is 10.2 Å². The van der Waals surface area contributed by atoms with E-state index in [1.54, 1.807) is 7.11 Å². The summed E-state index contributed by atoms with van der Waals surface area (Å²) in [4.78, 5) is 2.51. The van der Waals surface area contributed by atoms with Crippen LogP contribution in [0.2, 0.25) is 0 Å². The van der Waals surface area contributed by atoms with Crippen LogP contribution in [0.15, 0.2) is 18.2 Å². The van der Waals surface area contributed by atoms with Gasteiger partial charge in [-0.15, -0.1) is 12.4 Å². The molecule has 1 aliphatic rings. The van der Waals surface area contributed by atoms with Crippen molar-refractivity contribution in [1.29, 1.82) is 0 Å². The highest BCUT2D eigenvalue weighted by atomic mass is 35.5. The summed E-state index contributed by atoms with van der Waals surface area (Å²) < 4.78 is 5.28. The maximum Gasteiger partial charge on any atom is 0.119 e. The van der Waals surface area contributed by atoms with Crippen LogP contribution in [0.4, 0.5) is 0 Å². The van der Waals surface area contributed by atoms with Gasteiger partial charge in [0.1, 0.15) is 5.75 Å². The monoisotopic (exact) mass is 270 g/mol. The average molecular weight is 271 g/mol. The van der Waals surface area contributed by atoms with E-state index in [4.69, 9.17) is 4.74 Å². The predicted molar refractivity (Wildman–Crippen MR) is 77.8 cm³/mol. The minimum atomic E-state index is 0.